The number of sulfonamides is 1. The predicted octanol–water partition coefficient (Wildman–Crippen LogP) is 4.27. The van der Waals surface area contributed by atoms with Gasteiger partial charge in [-0.15, -0.1) is 0 Å². The lowest BCUT2D eigenvalue weighted by Crippen LogP contribution is -2.52. The Balaban J connectivity index is 1.14. The third-order valence-corrected chi connectivity index (χ3v) is 10.5. The standard InChI is InChI=1S/C33H40N10O4S/c1-40-16-18-43(19-17-40)22-9-14-42(15-10-22)23-5-6-24(28(21-23)46-3)37-33-38-27-11-20-47-31(27)32(39-33)36-26-8-7-25-29(35-13-12-34-25)30(26)41(2)48(4,44)45/h5-8,11-13,20-22H,9-10,14-19H2,1-4H3,(H2,36,37,38,39). The van der Waals surface area contributed by atoms with E-state index >= 15 is 0 Å². The zero-order valence-electron chi connectivity index (χ0n) is 27.5. The number of fused-ring (bicyclic) bond motifs is 2. The van der Waals surface area contributed by atoms with Gasteiger partial charge in [-0.3, -0.25) is 19.2 Å². The molecule has 3 aromatic heterocycles. The van der Waals surface area contributed by atoms with Crippen molar-refractivity contribution in [1.29, 1.82) is 0 Å². The van der Waals surface area contributed by atoms with Crippen LogP contribution in [0.5, 0.6) is 5.75 Å². The van der Waals surface area contributed by atoms with Crippen LogP contribution in [0.3, 0.4) is 0 Å². The van der Waals surface area contributed by atoms with E-state index in [2.05, 4.69) is 59.5 Å². The van der Waals surface area contributed by atoms with E-state index in [1.165, 1.54) is 23.8 Å². The van der Waals surface area contributed by atoms with E-state index in [4.69, 9.17) is 14.1 Å². The lowest BCUT2D eigenvalue weighted by atomic mass is 10.0. The van der Waals surface area contributed by atoms with Crippen LogP contribution in [0, 0.1) is 0 Å². The topological polar surface area (TPSA) is 145 Å². The van der Waals surface area contributed by atoms with Crippen LogP contribution in [-0.2, 0) is 10.0 Å². The first-order valence-corrected chi connectivity index (χ1v) is 17.9. The van der Waals surface area contributed by atoms with Gasteiger partial charge in [-0.25, -0.2) is 13.4 Å². The Hall–Kier alpha value is -4.73. The second-order valence-electron chi connectivity index (χ2n) is 12.3. The second-order valence-corrected chi connectivity index (χ2v) is 14.4. The molecule has 15 heteroatoms. The van der Waals surface area contributed by atoms with Gasteiger partial charge in [0.15, 0.2) is 11.4 Å². The number of anilines is 6. The maximum absolute atomic E-state index is 12.7. The maximum atomic E-state index is 12.7. The Morgan fingerprint density at radius 2 is 1.67 bits per heavy atom. The minimum atomic E-state index is -3.64. The minimum Gasteiger partial charge on any atom is -0.494 e. The molecule has 0 bridgehead atoms. The second kappa shape index (κ2) is 13.1. The number of methoxy groups -OCH3 is 1. The van der Waals surface area contributed by atoms with Crippen LogP contribution in [0.2, 0.25) is 0 Å². The molecule has 0 amide bonds. The minimum absolute atomic E-state index is 0.309. The molecule has 0 radical (unpaired) electrons. The number of aromatic nitrogens is 4. The highest BCUT2D eigenvalue weighted by molar-refractivity contribution is 7.92. The number of likely N-dealkylation sites (N-methyl/N-ethyl adjacent to an activating group) is 1. The molecule has 0 atom stereocenters. The molecule has 2 fully saturated rings. The molecular weight excluding hydrogens is 632 g/mol. The number of benzene rings is 2. The third kappa shape index (κ3) is 6.40. The third-order valence-electron chi connectivity index (χ3n) is 9.30. The van der Waals surface area contributed by atoms with E-state index in [1.807, 2.05) is 6.07 Å². The van der Waals surface area contributed by atoms with Gasteiger partial charge in [0.1, 0.15) is 22.5 Å². The van der Waals surface area contributed by atoms with Crippen molar-refractivity contribution in [3.05, 3.63) is 55.1 Å². The molecule has 0 aliphatic carbocycles. The first kappa shape index (κ1) is 31.8. The van der Waals surface area contributed by atoms with Gasteiger partial charge in [0, 0.05) is 82.6 Å². The Kier molecular flexibility index (Phi) is 8.66. The predicted molar refractivity (Wildman–Crippen MR) is 188 cm³/mol. The summed E-state index contributed by atoms with van der Waals surface area (Å²) in [6, 6.07) is 12.0. The molecule has 14 nitrogen and oxygen atoms in total. The fourth-order valence-corrected chi connectivity index (χ4v) is 7.03. The summed E-state index contributed by atoms with van der Waals surface area (Å²) in [4.78, 5) is 25.7. The molecule has 2 aliphatic heterocycles. The highest BCUT2D eigenvalue weighted by Crippen LogP contribution is 2.38. The molecule has 2 saturated heterocycles. The number of piperidine rings is 1. The van der Waals surface area contributed by atoms with Crippen LogP contribution in [0.4, 0.5) is 34.5 Å². The first-order chi connectivity index (χ1) is 23.2. The van der Waals surface area contributed by atoms with Crippen LogP contribution in [0.25, 0.3) is 22.1 Å². The number of nitrogens with zero attached hydrogens (tertiary/aromatic N) is 8. The molecule has 0 spiro atoms. The molecule has 2 aromatic carbocycles. The summed E-state index contributed by atoms with van der Waals surface area (Å²) in [6.45, 7) is 6.57. The highest BCUT2D eigenvalue weighted by atomic mass is 32.2. The maximum Gasteiger partial charge on any atom is 0.232 e. The summed E-state index contributed by atoms with van der Waals surface area (Å²) in [7, 11) is 1.69. The Morgan fingerprint density at radius 1 is 0.917 bits per heavy atom. The Bertz CT molecular complexity index is 2040. The van der Waals surface area contributed by atoms with E-state index in [9.17, 15) is 8.42 Å². The molecule has 2 N–H and O–H groups in total. The van der Waals surface area contributed by atoms with Crippen LogP contribution in [0.1, 0.15) is 12.8 Å². The summed E-state index contributed by atoms with van der Waals surface area (Å²) >= 11 is 0. The summed E-state index contributed by atoms with van der Waals surface area (Å²) in [5.41, 5.74) is 4.56. The number of ether oxygens (including phenoxy) is 1. The van der Waals surface area contributed by atoms with Crippen LogP contribution in [0.15, 0.2) is 59.5 Å². The molecule has 48 heavy (non-hydrogen) atoms. The zero-order chi connectivity index (χ0) is 33.4. The SMILES string of the molecule is COc1cc(N2CCC(N3CCN(C)CC3)CC2)ccc1Nc1nc(Nc2ccc3nccnc3c2N(C)S(C)(=O)=O)c2occc2n1. The molecule has 2 aliphatic rings. The van der Waals surface area contributed by atoms with E-state index in [-0.39, 0.29) is 0 Å². The molecule has 0 unspecified atom stereocenters. The first-order valence-electron chi connectivity index (χ1n) is 16.0. The average Bonchev–Trinajstić information content (AvgIpc) is 3.57. The number of rotatable bonds is 9. The summed E-state index contributed by atoms with van der Waals surface area (Å²) in [5, 5.41) is 6.60. The number of piperazine rings is 1. The van der Waals surface area contributed by atoms with Crippen molar-refractivity contribution < 1.29 is 17.6 Å². The molecule has 7 rings (SSSR count). The molecule has 252 valence electrons. The zero-order valence-corrected chi connectivity index (χ0v) is 28.4. The normalized spacial score (nSPS) is 16.8. The van der Waals surface area contributed by atoms with Gasteiger partial charge in [0.05, 0.1) is 36.5 Å². The van der Waals surface area contributed by atoms with Gasteiger partial charge in [-0.05, 0) is 44.2 Å². The van der Waals surface area contributed by atoms with Crippen molar-refractivity contribution in [3.63, 3.8) is 0 Å². The van der Waals surface area contributed by atoms with Gasteiger partial charge in [-0.1, -0.05) is 0 Å². The van der Waals surface area contributed by atoms with Gasteiger partial charge in [0.2, 0.25) is 16.0 Å². The smallest absolute Gasteiger partial charge is 0.232 e. The van der Waals surface area contributed by atoms with Crippen LogP contribution in [-0.4, -0.2) is 111 Å². The van der Waals surface area contributed by atoms with Crippen LogP contribution < -0.4 is 24.6 Å². The summed E-state index contributed by atoms with van der Waals surface area (Å²) in [6.07, 6.45) is 8.05. The summed E-state index contributed by atoms with van der Waals surface area (Å²) < 4.78 is 38.1. The van der Waals surface area contributed by atoms with E-state index in [0.717, 1.165) is 64.1 Å². The summed E-state index contributed by atoms with van der Waals surface area (Å²) in [5.74, 6) is 1.32. The number of hydrogen-bond acceptors (Lipinski definition) is 13. The van der Waals surface area contributed by atoms with Crippen molar-refractivity contribution in [1.82, 2.24) is 29.7 Å². The van der Waals surface area contributed by atoms with E-state index in [1.54, 1.807) is 31.5 Å². The average molecular weight is 673 g/mol. The molecule has 5 heterocycles. The van der Waals surface area contributed by atoms with Gasteiger partial charge in [-0.2, -0.15) is 4.98 Å². The number of furan rings is 1. The van der Waals surface area contributed by atoms with Crippen molar-refractivity contribution in [2.75, 3.05) is 86.6 Å². The molecule has 5 aromatic rings. The molecular formula is C33H40N10O4S. The molecule has 0 saturated carbocycles. The number of hydrogen-bond donors (Lipinski definition) is 2. The van der Waals surface area contributed by atoms with Crippen molar-refractivity contribution >= 4 is 66.7 Å². The van der Waals surface area contributed by atoms with Crippen molar-refractivity contribution in [3.8, 4) is 5.75 Å². The van der Waals surface area contributed by atoms with E-state index in [0.29, 0.717) is 62.8 Å². The van der Waals surface area contributed by atoms with Crippen LogP contribution >= 0.6 is 0 Å². The largest absolute Gasteiger partial charge is 0.494 e. The lowest BCUT2D eigenvalue weighted by Gasteiger charge is -2.42. The lowest BCUT2D eigenvalue weighted by molar-refractivity contribution is 0.0982. The van der Waals surface area contributed by atoms with Gasteiger partial charge >= 0.3 is 0 Å². The quantitative estimate of drug-likeness (QED) is 0.230. The van der Waals surface area contributed by atoms with Gasteiger partial charge in [0.25, 0.3) is 0 Å². The number of nitrogens with one attached hydrogen (secondary N) is 2. The Morgan fingerprint density at radius 3 is 2.42 bits per heavy atom. The fourth-order valence-electron chi connectivity index (χ4n) is 6.52. The van der Waals surface area contributed by atoms with Crippen molar-refractivity contribution in [2.45, 2.75) is 18.9 Å². The van der Waals surface area contributed by atoms with Gasteiger partial charge < -0.3 is 29.6 Å². The van der Waals surface area contributed by atoms with E-state index < -0.39 is 10.0 Å². The monoisotopic (exact) mass is 672 g/mol. The highest BCUT2D eigenvalue weighted by Gasteiger charge is 2.27. The van der Waals surface area contributed by atoms with Crippen molar-refractivity contribution in [2.24, 2.45) is 0 Å². The fraction of sp³-hybridized carbons (Fsp3) is 0.394. The Labute approximate surface area is 279 Å².